The lowest BCUT2D eigenvalue weighted by Gasteiger charge is -2.30. The lowest BCUT2D eigenvalue weighted by atomic mass is 9.99. The van der Waals surface area contributed by atoms with Gasteiger partial charge in [0.05, 0.1) is 26.2 Å². The summed E-state index contributed by atoms with van der Waals surface area (Å²) in [5.41, 5.74) is 0.710. The molecule has 0 aromatic carbocycles. The van der Waals surface area contributed by atoms with E-state index in [1.54, 1.807) is 6.08 Å². The molecule has 0 bridgehead atoms. The summed E-state index contributed by atoms with van der Waals surface area (Å²) in [4.78, 5) is 26.3. The number of allylic oxidation sites excluding steroid dienone is 5. The zero-order chi connectivity index (χ0) is 36.1. The van der Waals surface area contributed by atoms with Crippen molar-refractivity contribution in [3.8, 4) is 0 Å². The van der Waals surface area contributed by atoms with E-state index in [1.807, 2.05) is 0 Å². The molecule has 5 heteroatoms. The monoisotopic (exact) mass is 766 g/mol. The number of aliphatic hydroxyl groups excluding tert-OH is 1. The van der Waals surface area contributed by atoms with Gasteiger partial charge in [-0.3, -0.25) is 9.59 Å². The van der Waals surface area contributed by atoms with Gasteiger partial charge in [-0.25, -0.2) is 0 Å². The van der Waals surface area contributed by atoms with Crippen molar-refractivity contribution in [2.75, 3.05) is 33.8 Å². The van der Waals surface area contributed by atoms with Gasteiger partial charge < -0.3 is 26.6 Å². The van der Waals surface area contributed by atoms with E-state index < -0.39 is 0 Å². The third-order valence-electron chi connectivity index (χ3n) is 9.81. The van der Waals surface area contributed by atoms with E-state index in [4.69, 9.17) is 0 Å². The van der Waals surface area contributed by atoms with Crippen molar-refractivity contribution in [3.05, 3.63) is 36.0 Å². The number of quaternary nitrogens is 1. The van der Waals surface area contributed by atoms with Crippen LogP contribution in [0.4, 0.5) is 0 Å². The molecule has 0 heterocycles. The molecule has 4 nitrogen and oxygen atoms in total. The number of carbonyl (C=O) groups is 2. The Hall–Kier alpha value is -1.04. The van der Waals surface area contributed by atoms with Crippen molar-refractivity contribution in [2.45, 2.75) is 206 Å². The van der Waals surface area contributed by atoms with E-state index in [0.717, 1.165) is 45.1 Å². The Kier molecular flexibility index (Phi) is 40.0. The third kappa shape index (κ3) is 36.7. The highest BCUT2D eigenvalue weighted by atomic mass is 79.9. The van der Waals surface area contributed by atoms with E-state index in [-0.39, 0.29) is 35.2 Å². The smallest absolute Gasteiger partial charge is 0.164 e. The number of halogens is 1. The van der Waals surface area contributed by atoms with Crippen LogP contribution in [0.25, 0.3) is 0 Å². The minimum absolute atomic E-state index is 0. The van der Waals surface area contributed by atoms with Crippen LogP contribution in [-0.4, -0.2) is 54.9 Å². The number of aliphatic hydroxyl groups is 1. The van der Waals surface area contributed by atoms with Crippen LogP contribution in [0, 0.1) is 0 Å². The van der Waals surface area contributed by atoms with Crippen molar-refractivity contribution >= 4 is 11.6 Å². The van der Waals surface area contributed by atoms with Crippen molar-refractivity contribution in [2.24, 2.45) is 0 Å². The summed E-state index contributed by atoms with van der Waals surface area (Å²) in [5.74, 6) is 0.268. The van der Waals surface area contributed by atoms with Gasteiger partial charge >= 0.3 is 0 Å². The molecule has 0 saturated carbocycles. The average Bonchev–Trinajstić information content (AvgIpc) is 3.07. The fourth-order valence-corrected chi connectivity index (χ4v) is 6.56. The Morgan fingerprint density at radius 1 is 0.500 bits per heavy atom. The van der Waals surface area contributed by atoms with E-state index >= 15 is 0 Å². The molecule has 0 rings (SSSR count). The van der Waals surface area contributed by atoms with Crippen molar-refractivity contribution in [1.82, 2.24) is 0 Å². The molecular weight excluding hydrogens is 682 g/mol. The standard InChI is InChI=1S/C45H84NO3.BrH/c1-5-7-9-11-13-15-17-19-21-23-25-27-29-31-33-37-44(48)41-43(42-46(3,4)39-35-36-40-47)45(49)38-34-32-30-28-26-24-22-20-18-16-14-12-10-8-6-2;/h19-22,41,47H,5-18,23-40,42H2,1-4H3;1H/q+1;/p-1/b21-19-,22-20-,43-41?;. The Bertz CT molecular complexity index is 847. The molecule has 50 heavy (non-hydrogen) atoms. The summed E-state index contributed by atoms with van der Waals surface area (Å²) >= 11 is 0. The topological polar surface area (TPSA) is 54.4 Å². The van der Waals surface area contributed by atoms with Gasteiger partial charge in [-0.2, -0.15) is 0 Å². The van der Waals surface area contributed by atoms with E-state index in [2.05, 4.69) is 52.2 Å². The van der Waals surface area contributed by atoms with Crippen LogP contribution in [0.15, 0.2) is 36.0 Å². The minimum atomic E-state index is 0. The minimum Gasteiger partial charge on any atom is -1.00 e. The second-order valence-corrected chi connectivity index (χ2v) is 15.5. The Balaban J connectivity index is 0. The molecule has 0 aliphatic heterocycles. The SMILES string of the molecule is CCCCCCCC/C=C\CCCCCCCC(=O)C=C(C[N+](C)(C)CCCCO)C(=O)CCCCCCC/C=C\CCCCCCCC.[Br-]. The molecule has 0 aromatic heterocycles. The Labute approximate surface area is 322 Å². The second-order valence-electron chi connectivity index (χ2n) is 15.5. The first-order valence-electron chi connectivity index (χ1n) is 21.4. The normalized spacial score (nSPS) is 12.3. The average molecular weight is 767 g/mol. The number of unbranched alkanes of at least 4 members (excludes halogenated alkanes) is 23. The number of carbonyl (C=O) groups excluding carboxylic acids is 2. The van der Waals surface area contributed by atoms with E-state index in [1.165, 1.54) is 141 Å². The molecule has 294 valence electrons. The Morgan fingerprint density at radius 2 is 0.880 bits per heavy atom. The van der Waals surface area contributed by atoms with Crippen LogP contribution in [0.5, 0.6) is 0 Å². The maximum Gasteiger partial charge on any atom is 0.164 e. The summed E-state index contributed by atoms with van der Waals surface area (Å²) in [6, 6.07) is 0. The first-order valence-corrected chi connectivity index (χ1v) is 21.4. The molecule has 0 amide bonds. The highest BCUT2D eigenvalue weighted by Crippen LogP contribution is 2.16. The van der Waals surface area contributed by atoms with Gasteiger partial charge in [-0.05, 0) is 83.1 Å². The molecule has 0 saturated heterocycles. The fraction of sp³-hybridized carbons (Fsp3) is 0.822. The molecule has 0 atom stereocenters. The van der Waals surface area contributed by atoms with Crippen LogP contribution in [0.3, 0.4) is 0 Å². The number of rotatable bonds is 38. The number of hydrogen-bond acceptors (Lipinski definition) is 3. The maximum atomic E-state index is 13.3. The van der Waals surface area contributed by atoms with E-state index in [0.29, 0.717) is 29.4 Å². The molecular formula is C45H84BrNO3. The van der Waals surface area contributed by atoms with Crippen LogP contribution in [-0.2, 0) is 9.59 Å². The molecule has 1 N–H and O–H groups in total. The lowest BCUT2D eigenvalue weighted by molar-refractivity contribution is -0.885. The number of ketones is 2. The number of Topliss-reactive ketones (excluding diaryl/α,β-unsaturated/α-hetero) is 1. The van der Waals surface area contributed by atoms with Gasteiger partial charge in [0.25, 0.3) is 0 Å². The first kappa shape index (κ1) is 51.1. The van der Waals surface area contributed by atoms with Crippen molar-refractivity contribution < 1.29 is 36.2 Å². The predicted octanol–water partition coefficient (Wildman–Crippen LogP) is 9.98. The van der Waals surface area contributed by atoms with Gasteiger partial charge in [0.2, 0.25) is 0 Å². The number of hydrogen-bond donors (Lipinski definition) is 1. The van der Waals surface area contributed by atoms with Gasteiger partial charge in [0.1, 0.15) is 6.54 Å². The van der Waals surface area contributed by atoms with Crippen molar-refractivity contribution in [1.29, 1.82) is 0 Å². The second kappa shape index (κ2) is 39.2. The zero-order valence-corrected chi connectivity index (χ0v) is 35.4. The van der Waals surface area contributed by atoms with Gasteiger partial charge in [-0.1, -0.05) is 141 Å². The summed E-state index contributed by atoms with van der Waals surface area (Å²) in [6.45, 7) is 6.22. The van der Waals surface area contributed by atoms with Crippen LogP contribution in [0.2, 0.25) is 0 Å². The summed E-state index contributed by atoms with van der Waals surface area (Å²) < 4.78 is 0.671. The Morgan fingerprint density at radius 3 is 1.30 bits per heavy atom. The first-order chi connectivity index (χ1) is 23.9. The van der Waals surface area contributed by atoms with Crippen molar-refractivity contribution in [3.63, 3.8) is 0 Å². The predicted molar refractivity (Wildman–Crippen MR) is 215 cm³/mol. The largest absolute Gasteiger partial charge is 1.00 e. The molecule has 0 aliphatic carbocycles. The number of likely N-dealkylation sites (N-methyl/N-ethyl adjacent to an activating group) is 1. The van der Waals surface area contributed by atoms with E-state index in [9.17, 15) is 14.7 Å². The van der Waals surface area contributed by atoms with Crippen LogP contribution in [0.1, 0.15) is 206 Å². The molecule has 0 spiro atoms. The molecule has 0 fully saturated rings. The molecule has 0 unspecified atom stereocenters. The van der Waals surface area contributed by atoms with Gasteiger partial charge in [0, 0.05) is 19.4 Å². The van der Waals surface area contributed by atoms with Crippen LogP contribution < -0.4 is 17.0 Å². The van der Waals surface area contributed by atoms with Gasteiger partial charge in [-0.15, -0.1) is 0 Å². The molecule has 0 aromatic rings. The lowest BCUT2D eigenvalue weighted by Crippen LogP contribution is -3.00. The summed E-state index contributed by atoms with van der Waals surface area (Å²) in [5, 5.41) is 9.22. The highest BCUT2D eigenvalue weighted by Gasteiger charge is 2.22. The quantitative estimate of drug-likeness (QED) is 0.0295. The maximum absolute atomic E-state index is 13.3. The highest BCUT2D eigenvalue weighted by molar-refractivity contribution is 6.02. The molecule has 0 radical (unpaired) electrons. The summed E-state index contributed by atoms with van der Waals surface area (Å²) in [7, 11) is 4.27. The number of nitrogens with zero attached hydrogens (tertiary/aromatic N) is 1. The molecule has 0 aliphatic rings. The fourth-order valence-electron chi connectivity index (χ4n) is 6.56. The van der Waals surface area contributed by atoms with Gasteiger partial charge in [0.15, 0.2) is 11.6 Å². The zero-order valence-electron chi connectivity index (χ0n) is 33.8. The summed E-state index contributed by atoms with van der Waals surface area (Å²) in [6.07, 6.45) is 46.3. The third-order valence-corrected chi connectivity index (χ3v) is 9.81. The van der Waals surface area contributed by atoms with Crippen LogP contribution >= 0.6 is 0 Å².